The van der Waals surface area contributed by atoms with Gasteiger partial charge in [0.25, 0.3) is 0 Å². The molecule has 1 N–H and O–H groups in total. The summed E-state index contributed by atoms with van der Waals surface area (Å²) in [6.07, 6.45) is 5.46. The first-order valence-corrected chi connectivity index (χ1v) is 7.28. The normalized spacial score (nSPS) is 10.5. The Balaban J connectivity index is 1.97. The van der Waals surface area contributed by atoms with Gasteiger partial charge < -0.3 is 9.67 Å². The average molecular weight is 291 g/mol. The number of hydrogen-bond acceptors (Lipinski definition) is 1. The fourth-order valence-electron chi connectivity index (χ4n) is 2.68. The van der Waals surface area contributed by atoms with Gasteiger partial charge in [-0.2, -0.15) is 0 Å². The summed E-state index contributed by atoms with van der Waals surface area (Å²) in [6.45, 7) is 0. The molecule has 3 rings (SSSR count). The molecule has 1 heterocycles. The number of para-hydroxylation sites is 1. The topological polar surface area (TPSA) is 42.2 Å². The molecule has 0 saturated heterocycles. The first-order chi connectivity index (χ1) is 10.8. The fraction of sp³-hybridized carbons (Fsp3) is 0.105. The van der Waals surface area contributed by atoms with Crippen LogP contribution in [0.4, 0.5) is 0 Å². The van der Waals surface area contributed by atoms with E-state index in [9.17, 15) is 9.90 Å². The van der Waals surface area contributed by atoms with Crippen LogP contribution in [0.25, 0.3) is 5.69 Å². The predicted octanol–water partition coefficient (Wildman–Crippen LogP) is 3.96. The summed E-state index contributed by atoms with van der Waals surface area (Å²) in [7, 11) is 0. The lowest BCUT2D eigenvalue weighted by molar-refractivity contribution is 0.0697. The van der Waals surface area contributed by atoms with Gasteiger partial charge in [0.2, 0.25) is 0 Å². The van der Waals surface area contributed by atoms with Crippen LogP contribution in [0, 0.1) is 0 Å². The fourth-order valence-corrected chi connectivity index (χ4v) is 2.68. The van der Waals surface area contributed by atoms with Gasteiger partial charge in [-0.3, -0.25) is 0 Å². The SMILES string of the molecule is O=C(O)c1cccc(CCc2ccccc2)c1-n1cccc1. The van der Waals surface area contributed by atoms with Gasteiger partial charge in [-0.05, 0) is 42.2 Å². The van der Waals surface area contributed by atoms with E-state index in [1.807, 2.05) is 59.4 Å². The van der Waals surface area contributed by atoms with Crippen molar-refractivity contribution in [3.63, 3.8) is 0 Å². The van der Waals surface area contributed by atoms with Crippen LogP contribution in [0.1, 0.15) is 21.5 Å². The van der Waals surface area contributed by atoms with E-state index in [2.05, 4.69) is 12.1 Å². The van der Waals surface area contributed by atoms with Crippen molar-refractivity contribution in [2.45, 2.75) is 12.8 Å². The molecule has 1 aromatic heterocycles. The number of nitrogens with zero attached hydrogens (tertiary/aromatic N) is 1. The van der Waals surface area contributed by atoms with Crippen LogP contribution in [-0.4, -0.2) is 15.6 Å². The van der Waals surface area contributed by atoms with Crippen molar-refractivity contribution >= 4 is 5.97 Å². The van der Waals surface area contributed by atoms with Crippen molar-refractivity contribution in [2.24, 2.45) is 0 Å². The van der Waals surface area contributed by atoms with Crippen LogP contribution in [0.15, 0.2) is 73.1 Å². The quantitative estimate of drug-likeness (QED) is 0.773. The summed E-state index contributed by atoms with van der Waals surface area (Å²) in [4.78, 5) is 11.5. The Labute approximate surface area is 129 Å². The molecule has 0 radical (unpaired) electrons. The number of benzene rings is 2. The van der Waals surface area contributed by atoms with Crippen LogP contribution in [0.3, 0.4) is 0 Å². The lowest BCUT2D eigenvalue weighted by atomic mass is 10.00. The van der Waals surface area contributed by atoms with Gasteiger partial charge in [0.1, 0.15) is 0 Å². The van der Waals surface area contributed by atoms with Gasteiger partial charge in [0.15, 0.2) is 0 Å². The minimum absolute atomic E-state index is 0.335. The van der Waals surface area contributed by atoms with Gasteiger partial charge in [0.05, 0.1) is 11.3 Å². The van der Waals surface area contributed by atoms with E-state index >= 15 is 0 Å². The first-order valence-electron chi connectivity index (χ1n) is 7.28. The van der Waals surface area contributed by atoms with Crippen molar-refractivity contribution in [3.05, 3.63) is 89.7 Å². The smallest absolute Gasteiger partial charge is 0.337 e. The Morgan fingerprint density at radius 2 is 1.59 bits per heavy atom. The summed E-state index contributed by atoms with van der Waals surface area (Å²) in [5, 5.41) is 9.46. The molecule has 0 aliphatic heterocycles. The molecule has 0 spiro atoms. The van der Waals surface area contributed by atoms with Crippen molar-refractivity contribution in [1.29, 1.82) is 0 Å². The second-order valence-corrected chi connectivity index (χ2v) is 5.19. The second-order valence-electron chi connectivity index (χ2n) is 5.19. The van der Waals surface area contributed by atoms with E-state index < -0.39 is 5.97 Å². The number of carboxylic acid groups (broad SMARTS) is 1. The number of carboxylic acids is 1. The third-order valence-corrected chi connectivity index (χ3v) is 3.74. The molecule has 0 bridgehead atoms. The van der Waals surface area contributed by atoms with Crippen molar-refractivity contribution < 1.29 is 9.90 Å². The van der Waals surface area contributed by atoms with Crippen molar-refractivity contribution in [3.8, 4) is 5.69 Å². The van der Waals surface area contributed by atoms with E-state index in [1.54, 1.807) is 6.07 Å². The summed E-state index contributed by atoms with van der Waals surface area (Å²) >= 11 is 0. The van der Waals surface area contributed by atoms with E-state index in [-0.39, 0.29) is 0 Å². The van der Waals surface area contributed by atoms with Gasteiger partial charge in [-0.1, -0.05) is 42.5 Å². The highest BCUT2D eigenvalue weighted by molar-refractivity contribution is 5.92. The molecule has 0 amide bonds. The molecule has 0 aliphatic carbocycles. The number of carbonyl (C=O) groups is 1. The summed E-state index contributed by atoms with van der Waals surface area (Å²) in [5.41, 5.74) is 3.39. The molecule has 0 aliphatic rings. The molecule has 2 aromatic carbocycles. The van der Waals surface area contributed by atoms with Gasteiger partial charge >= 0.3 is 5.97 Å². The molecule has 0 atom stereocenters. The highest BCUT2D eigenvalue weighted by Crippen LogP contribution is 2.22. The Morgan fingerprint density at radius 1 is 0.864 bits per heavy atom. The molecule has 3 nitrogen and oxygen atoms in total. The molecule has 110 valence electrons. The van der Waals surface area contributed by atoms with E-state index in [0.717, 1.165) is 24.1 Å². The highest BCUT2D eigenvalue weighted by Gasteiger charge is 2.15. The van der Waals surface area contributed by atoms with E-state index in [1.165, 1.54) is 5.56 Å². The lowest BCUT2D eigenvalue weighted by Gasteiger charge is -2.14. The van der Waals surface area contributed by atoms with Crippen molar-refractivity contribution in [1.82, 2.24) is 4.57 Å². The first kappa shape index (κ1) is 14.1. The van der Waals surface area contributed by atoms with Crippen LogP contribution < -0.4 is 0 Å². The summed E-state index contributed by atoms with van der Waals surface area (Å²) < 4.78 is 1.88. The van der Waals surface area contributed by atoms with Crippen LogP contribution >= 0.6 is 0 Å². The maximum atomic E-state index is 11.5. The molecular weight excluding hydrogens is 274 g/mol. The third kappa shape index (κ3) is 2.93. The monoisotopic (exact) mass is 291 g/mol. The number of aryl methyl sites for hydroxylation is 2. The number of hydrogen-bond donors (Lipinski definition) is 1. The zero-order valence-electron chi connectivity index (χ0n) is 12.1. The zero-order chi connectivity index (χ0) is 15.4. The van der Waals surface area contributed by atoms with Crippen LogP contribution in [0.5, 0.6) is 0 Å². The Kier molecular flexibility index (Phi) is 4.05. The Bertz CT molecular complexity index is 761. The maximum Gasteiger partial charge on any atom is 0.337 e. The molecule has 3 aromatic rings. The predicted molar refractivity (Wildman–Crippen MR) is 86.6 cm³/mol. The minimum Gasteiger partial charge on any atom is -0.478 e. The highest BCUT2D eigenvalue weighted by atomic mass is 16.4. The zero-order valence-corrected chi connectivity index (χ0v) is 12.1. The van der Waals surface area contributed by atoms with Crippen LogP contribution in [0.2, 0.25) is 0 Å². The molecule has 3 heteroatoms. The number of aromatic nitrogens is 1. The maximum absolute atomic E-state index is 11.5. The molecule has 0 saturated carbocycles. The van der Waals surface area contributed by atoms with E-state index in [0.29, 0.717) is 5.56 Å². The van der Waals surface area contributed by atoms with Gasteiger partial charge in [0, 0.05) is 12.4 Å². The molecule has 22 heavy (non-hydrogen) atoms. The summed E-state index contributed by atoms with van der Waals surface area (Å²) in [6, 6.07) is 19.5. The second kappa shape index (κ2) is 6.31. The third-order valence-electron chi connectivity index (χ3n) is 3.74. The molecule has 0 unspecified atom stereocenters. The van der Waals surface area contributed by atoms with Crippen molar-refractivity contribution in [2.75, 3.05) is 0 Å². The number of aromatic carboxylic acids is 1. The van der Waals surface area contributed by atoms with Crippen LogP contribution in [-0.2, 0) is 12.8 Å². The van der Waals surface area contributed by atoms with Gasteiger partial charge in [-0.25, -0.2) is 4.79 Å². The Morgan fingerprint density at radius 3 is 2.27 bits per heavy atom. The summed E-state index contributed by atoms with van der Waals surface area (Å²) in [5.74, 6) is -0.898. The average Bonchev–Trinajstić information content (AvgIpc) is 3.07. The Hall–Kier alpha value is -2.81. The van der Waals surface area contributed by atoms with E-state index in [4.69, 9.17) is 0 Å². The molecular formula is C19H17NO2. The largest absolute Gasteiger partial charge is 0.478 e. The standard InChI is InChI=1S/C19H17NO2/c21-19(22)17-10-6-9-16(18(17)20-13-4-5-14-20)12-11-15-7-2-1-3-8-15/h1-10,13-14H,11-12H2,(H,21,22). The minimum atomic E-state index is -0.898. The van der Waals surface area contributed by atoms with Gasteiger partial charge in [-0.15, -0.1) is 0 Å². The number of rotatable bonds is 5. The lowest BCUT2D eigenvalue weighted by Crippen LogP contribution is -2.08. The molecule has 0 fully saturated rings.